The van der Waals surface area contributed by atoms with Gasteiger partial charge in [0, 0.05) is 18.2 Å². The van der Waals surface area contributed by atoms with Gasteiger partial charge in [0.25, 0.3) is 0 Å². The molecule has 0 aromatic carbocycles. The third-order valence-corrected chi connectivity index (χ3v) is 4.86. The van der Waals surface area contributed by atoms with Gasteiger partial charge in [-0.15, -0.1) is 0 Å². The van der Waals surface area contributed by atoms with Gasteiger partial charge in [-0.1, -0.05) is 0 Å². The number of hydrogen-bond acceptors (Lipinski definition) is 6. The second-order valence-corrected chi connectivity index (χ2v) is 6.86. The first-order valence-corrected chi connectivity index (χ1v) is 8.77. The lowest BCUT2D eigenvalue weighted by molar-refractivity contribution is -0.213. The largest absolute Gasteiger partial charge is 0.411 e. The highest BCUT2D eigenvalue weighted by Crippen LogP contribution is 2.36. The minimum atomic E-state index is -4.57. The number of rotatable bonds is 10. The van der Waals surface area contributed by atoms with Gasteiger partial charge in [0.1, 0.15) is 18.9 Å². The Hall–Kier alpha value is -0.950. The summed E-state index contributed by atoms with van der Waals surface area (Å²) in [5.41, 5.74) is 0. The molecule has 0 aromatic rings. The number of halogens is 6. The topological polar surface area (TPSA) is 77.8 Å². The van der Waals surface area contributed by atoms with E-state index in [9.17, 15) is 31.4 Å². The summed E-state index contributed by atoms with van der Waals surface area (Å²) in [4.78, 5) is 1.00. The van der Waals surface area contributed by atoms with Crippen LogP contribution < -0.4 is 5.32 Å². The fourth-order valence-corrected chi connectivity index (χ4v) is 3.27. The average Bonchev–Trinajstić information content (AvgIpc) is 2.58. The monoisotopic (exact) mass is 423 g/mol. The molecular weight excluding hydrogens is 396 g/mol. The number of alkyl halides is 6. The van der Waals surface area contributed by atoms with Crippen molar-refractivity contribution in [3.05, 3.63) is 0 Å². The molecule has 3 N–H and O–H groups in total. The second-order valence-electron chi connectivity index (χ2n) is 6.86. The molecule has 1 fully saturated rings. The molecule has 5 atom stereocenters. The molecule has 28 heavy (non-hydrogen) atoms. The molecule has 5 unspecified atom stereocenters. The Bertz CT molecular complexity index is 478. The Morgan fingerprint density at radius 3 is 2.32 bits per heavy atom. The van der Waals surface area contributed by atoms with Crippen LogP contribution in [0.1, 0.15) is 12.8 Å². The maximum absolute atomic E-state index is 13.2. The van der Waals surface area contributed by atoms with Crippen LogP contribution in [-0.2, 0) is 9.47 Å². The van der Waals surface area contributed by atoms with Crippen molar-refractivity contribution in [3.63, 3.8) is 0 Å². The van der Waals surface area contributed by atoms with Crippen molar-refractivity contribution in [3.8, 4) is 0 Å². The van der Waals surface area contributed by atoms with Crippen molar-refractivity contribution >= 4 is 6.21 Å². The summed E-state index contributed by atoms with van der Waals surface area (Å²) >= 11 is 0. The van der Waals surface area contributed by atoms with Crippen LogP contribution in [0.15, 0.2) is 0 Å². The first-order chi connectivity index (χ1) is 12.9. The minimum absolute atomic E-state index is 0.0181. The van der Waals surface area contributed by atoms with Crippen molar-refractivity contribution in [2.24, 2.45) is 11.8 Å². The van der Waals surface area contributed by atoms with Gasteiger partial charge in [0.15, 0.2) is 0 Å². The summed E-state index contributed by atoms with van der Waals surface area (Å²) in [6, 6.07) is -2.67. The molecule has 12 heteroatoms. The van der Waals surface area contributed by atoms with E-state index in [4.69, 9.17) is 10.1 Å². The third kappa shape index (κ3) is 7.82. The number of likely N-dealkylation sites (N-methyl/N-ethyl adjacent to an activating group) is 1. The zero-order valence-corrected chi connectivity index (χ0v) is 15.7. The van der Waals surface area contributed by atoms with Gasteiger partial charge >= 0.3 is 12.4 Å². The third-order valence-electron chi connectivity index (χ3n) is 4.86. The molecule has 0 aliphatic carbocycles. The molecule has 166 valence electrons. The van der Waals surface area contributed by atoms with E-state index in [1.165, 1.54) is 14.1 Å². The first kappa shape index (κ1) is 25.1. The van der Waals surface area contributed by atoms with Crippen LogP contribution in [0.25, 0.3) is 0 Å². The lowest BCUT2D eigenvalue weighted by Crippen LogP contribution is -2.57. The summed E-state index contributed by atoms with van der Waals surface area (Å²) in [6.45, 7) is -2.12. The summed E-state index contributed by atoms with van der Waals surface area (Å²) in [5.74, 6) is -1.14. The van der Waals surface area contributed by atoms with E-state index in [-0.39, 0.29) is 26.1 Å². The molecule has 6 nitrogen and oxygen atoms in total. The number of likely N-dealkylation sites (tertiary alicyclic amines) is 1. The van der Waals surface area contributed by atoms with Crippen LogP contribution in [0.2, 0.25) is 0 Å². The standard InChI is InChI=1S/C16H27F6N3O3/c1-24-14(26)11(5-23)7-27-6-10-3-4-13(16(20,21)22)25(2)12(10)8-28-9-15(17,18)19/h5,10-14,23-24,26H,3-4,6-9H2,1-2H3. The van der Waals surface area contributed by atoms with Crippen molar-refractivity contribution in [1.82, 2.24) is 10.2 Å². The number of aliphatic hydroxyl groups excluding tert-OH is 1. The molecule has 0 bridgehead atoms. The van der Waals surface area contributed by atoms with Gasteiger partial charge in [-0.25, -0.2) is 0 Å². The molecular formula is C16H27F6N3O3. The van der Waals surface area contributed by atoms with E-state index in [1.54, 1.807) is 0 Å². The maximum atomic E-state index is 13.2. The maximum Gasteiger partial charge on any atom is 0.411 e. The average molecular weight is 423 g/mol. The Morgan fingerprint density at radius 1 is 1.18 bits per heavy atom. The van der Waals surface area contributed by atoms with E-state index in [1.807, 2.05) is 0 Å². The summed E-state index contributed by atoms with van der Waals surface area (Å²) in [7, 11) is 2.71. The predicted molar refractivity (Wildman–Crippen MR) is 89.2 cm³/mol. The van der Waals surface area contributed by atoms with Gasteiger partial charge in [-0.05, 0) is 26.9 Å². The molecule has 1 heterocycles. The van der Waals surface area contributed by atoms with Crippen LogP contribution >= 0.6 is 0 Å². The minimum Gasteiger partial charge on any atom is -0.380 e. The molecule has 1 saturated heterocycles. The summed E-state index contributed by atoms with van der Waals surface area (Å²) in [5, 5.41) is 19.5. The fourth-order valence-electron chi connectivity index (χ4n) is 3.27. The molecule has 0 aromatic heterocycles. The van der Waals surface area contributed by atoms with Gasteiger partial charge in [-0.3, -0.25) is 10.2 Å². The van der Waals surface area contributed by atoms with E-state index < -0.39 is 55.7 Å². The highest BCUT2D eigenvalue weighted by molar-refractivity contribution is 5.57. The van der Waals surface area contributed by atoms with Crippen molar-refractivity contribution in [2.45, 2.75) is 43.5 Å². The molecule has 0 amide bonds. The van der Waals surface area contributed by atoms with E-state index in [0.717, 1.165) is 11.1 Å². The number of ether oxygens (including phenoxy) is 2. The highest BCUT2D eigenvalue weighted by Gasteiger charge is 2.48. The van der Waals surface area contributed by atoms with Gasteiger partial charge in [-0.2, -0.15) is 26.3 Å². The summed E-state index contributed by atoms with van der Waals surface area (Å²) in [6.07, 6.45) is -9.19. The molecule has 0 spiro atoms. The van der Waals surface area contributed by atoms with Crippen molar-refractivity contribution in [2.75, 3.05) is 40.5 Å². The number of nitrogens with zero attached hydrogens (tertiary/aromatic N) is 1. The van der Waals surface area contributed by atoms with Crippen molar-refractivity contribution < 1.29 is 40.9 Å². The number of aliphatic hydroxyl groups is 1. The molecule has 1 aliphatic rings. The Labute approximate surface area is 159 Å². The molecule has 1 aliphatic heterocycles. The smallest absolute Gasteiger partial charge is 0.380 e. The lowest BCUT2D eigenvalue weighted by atomic mass is 9.86. The fraction of sp³-hybridized carbons (Fsp3) is 0.938. The van der Waals surface area contributed by atoms with Gasteiger partial charge in [0.2, 0.25) is 0 Å². The van der Waals surface area contributed by atoms with Crippen LogP contribution in [0, 0.1) is 17.2 Å². The highest BCUT2D eigenvalue weighted by atomic mass is 19.4. The van der Waals surface area contributed by atoms with Crippen molar-refractivity contribution in [1.29, 1.82) is 5.41 Å². The SMILES string of the molecule is CNC(O)C(C=N)COCC1CCC(C(F)(F)F)N(C)C1COCC(F)(F)F. The predicted octanol–water partition coefficient (Wildman–Crippen LogP) is 2.03. The summed E-state index contributed by atoms with van der Waals surface area (Å²) < 4.78 is 86.6. The van der Waals surface area contributed by atoms with Gasteiger partial charge in [0.05, 0.1) is 25.7 Å². The molecule has 0 radical (unpaired) electrons. The second kappa shape index (κ2) is 10.7. The van der Waals surface area contributed by atoms with Crippen LogP contribution in [0.4, 0.5) is 26.3 Å². The number of piperidine rings is 1. The Morgan fingerprint density at radius 2 is 1.82 bits per heavy atom. The van der Waals surface area contributed by atoms with E-state index >= 15 is 0 Å². The Balaban J connectivity index is 2.73. The quantitative estimate of drug-likeness (QED) is 0.285. The van der Waals surface area contributed by atoms with Gasteiger partial charge < -0.3 is 20.0 Å². The molecule has 0 saturated carbocycles. The lowest BCUT2D eigenvalue weighted by Gasteiger charge is -2.44. The number of nitrogens with one attached hydrogen (secondary N) is 2. The van der Waals surface area contributed by atoms with Crippen LogP contribution in [-0.4, -0.2) is 87.4 Å². The zero-order chi connectivity index (χ0) is 21.5. The Kier molecular flexibility index (Phi) is 9.60. The molecule has 1 rings (SSSR count). The first-order valence-electron chi connectivity index (χ1n) is 8.77. The zero-order valence-electron chi connectivity index (χ0n) is 15.7. The van der Waals surface area contributed by atoms with Crippen LogP contribution in [0.5, 0.6) is 0 Å². The van der Waals surface area contributed by atoms with Crippen LogP contribution in [0.3, 0.4) is 0 Å². The normalized spacial score (nSPS) is 26.8. The van der Waals surface area contributed by atoms with E-state index in [2.05, 4.69) is 10.1 Å². The van der Waals surface area contributed by atoms with E-state index in [0.29, 0.717) is 0 Å². The number of hydrogen-bond donors (Lipinski definition) is 3.